The van der Waals surface area contributed by atoms with Crippen LogP contribution in [0, 0.1) is 10.1 Å². The summed E-state index contributed by atoms with van der Waals surface area (Å²) < 4.78 is 38.2. The van der Waals surface area contributed by atoms with Crippen molar-refractivity contribution in [3.05, 3.63) is 63.7 Å². The maximum atomic E-state index is 12.7. The minimum Gasteiger partial charge on any atom is -0.326 e. The zero-order valence-corrected chi connectivity index (χ0v) is 10.7. The van der Waals surface area contributed by atoms with Gasteiger partial charge in [0.1, 0.15) is 0 Å². The fourth-order valence-corrected chi connectivity index (χ4v) is 2.01. The zero-order chi connectivity index (χ0) is 15.6. The Morgan fingerprint density at radius 2 is 1.86 bits per heavy atom. The molecule has 2 aromatic rings. The van der Waals surface area contributed by atoms with Crippen LogP contribution < -0.4 is 5.73 Å². The summed E-state index contributed by atoms with van der Waals surface area (Å²) in [6, 6.07) is 8.70. The van der Waals surface area contributed by atoms with Crippen LogP contribution in [0.1, 0.15) is 11.1 Å². The Bertz CT molecular complexity index is 684. The molecule has 0 spiro atoms. The first-order valence-electron chi connectivity index (χ1n) is 5.98. The van der Waals surface area contributed by atoms with Gasteiger partial charge in [0.15, 0.2) is 0 Å². The second kappa shape index (κ2) is 5.53. The van der Waals surface area contributed by atoms with Gasteiger partial charge in [-0.25, -0.2) is 0 Å². The van der Waals surface area contributed by atoms with Crippen LogP contribution in [-0.2, 0) is 12.7 Å². The van der Waals surface area contributed by atoms with Crippen molar-refractivity contribution in [1.29, 1.82) is 0 Å². The summed E-state index contributed by atoms with van der Waals surface area (Å²) in [5.41, 5.74) is 5.80. The van der Waals surface area contributed by atoms with E-state index in [9.17, 15) is 23.3 Å². The molecule has 0 radical (unpaired) electrons. The van der Waals surface area contributed by atoms with Crippen molar-refractivity contribution in [1.82, 2.24) is 0 Å². The highest BCUT2D eigenvalue weighted by molar-refractivity contribution is 5.69. The first-order valence-corrected chi connectivity index (χ1v) is 5.98. The Balaban J connectivity index is 2.54. The number of halogens is 3. The van der Waals surface area contributed by atoms with Gasteiger partial charge in [0.05, 0.1) is 10.5 Å². The molecule has 0 atom stereocenters. The highest BCUT2D eigenvalue weighted by Gasteiger charge is 2.30. The standard InChI is InChI=1S/C14H11F3N2O2/c15-14(16,17)11-3-1-2-9(6-11)13-5-4-12(19(20)21)7-10(13)8-18/h1-7H,8,18H2. The number of nitro groups is 1. The van der Waals surface area contributed by atoms with E-state index in [0.717, 1.165) is 12.1 Å². The molecule has 0 bridgehead atoms. The Morgan fingerprint density at radius 3 is 2.43 bits per heavy atom. The van der Waals surface area contributed by atoms with Crippen LogP contribution in [-0.4, -0.2) is 4.92 Å². The molecule has 0 aliphatic rings. The van der Waals surface area contributed by atoms with Crippen molar-refractivity contribution in [3.8, 4) is 11.1 Å². The van der Waals surface area contributed by atoms with Gasteiger partial charge in [-0.2, -0.15) is 13.2 Å². The molecule has 0 fully saturated rings. The Hall–Kier alpha value is -2.41. The molecule has 21 heavy (non-hydrogen) atoms. The van der Waals surface area contributed by atoms with Gasteiger partial charge in [-0.05, 0) is 34.9 Å². The number of alkyl halides is 3. The summed E-state index contributed by atoms with van der Waals surface area (Å²) in [5.74, 6) is 0. The van der Waals surface area contributed by atoms with Crippen molar-refractivity contribution in [2.75, 3.05) is 0 Å². The summed E-state index contributed by atoms with van der Waals surface area (Å²) in [5, 5.41) is 10.7. The number of hydrogen-bond acceptors (Lipinski definition) is 3. The third-order valence-electron chi connectivity index (χ3n) is 3.02. The van der Waals surface area contributed by atoms with Crippen LogP contribution in [0.25, 0.3) is 11.1 Å². The highest BCUT2D eigenvalue weighted by atomic mass is 19.4. The van der Waals surface area contributed by atoms with Gasteiger partial charge >= 0.3 is 6.18 Å². The van der Waals surface area contributed by atoms with Gasteiger partial charge in [-0.15, -0.1) is 0 Å². The predicted octanol–water partition coefficient (Wildman–Crippen LogP) is 3.74. The van der Waals surface area contributed by atoms with Crippen LogP contribution in [0.4, 0.5) is 18.9 Å². The largest absolute Gasteiger partial charge is 0.416 e. The molecule has 2 aromatic carbocycles. The zero-order valence-electron chi connectivity index (χ0n) is 10.7. The van der Waals surface area contributed by atoms with E-state index < -0.39 is 16.7 Å². The average molecular weight is 296 g/mol. The molecule has 4 nitrogen and oxygen atoms in total. The second-order valence-electron chi connectivity index (χ2n) is 4.38. The van der Waals surface area contributed by atoms with Gasteiger partial charge < -0.3 is 5.73 Å². The molecule has 0 unspecified atom stereocenters. The summed E-state index contributed by atoms with van der Waals surface area (Å²) >= 11 is 0. The van der Waals surface area contributed by atoms with Crippen molar-refractivity contribution in [2.24, 2.45) is 5.73 Å². The second-order valence-corrected chi connectivity index (χ2v) is 4.38. The van der Waals surface area contributed by atoms with E-state index in [0.29, 0.717) is 16.7 Å². The van der Waals surface area contributed by atoms with E-state index >= 15 is 0 Å². The fraction of sp³-hybridized carbons (Fsp3) is 0.143. The monoisotopic (exact) mass is 296 g/mol. The smallest absolute Gasteiger partial charge is 0.326 e. The van der Waals surface area contributed by atoms with E-state index in [1.807, 2.05) is 0 Å². The number of hydrogen-bond donors (Lipinski definition) is 1. The van der Waals surface area contributed by atoms with Gasteiger partial charge in [0, 0.05) is 18.7 Å². The number of nitrogens with zero attached hydrogens (tertiary/aromatic N) is 1. The molecule has 110 valence electrons. The van der Waals surface area contributed by atoms with E-state index in [4.69, 9.17) is 5.73 Å². The molecule has 2 rings (SSSR count). The molecule has 0 heterocycles. The number of non-ortho nitro benzene ring substituents is 1. The number of rotatable bonds is 3. The van der Waals surface area contributed by atoms with E-state index in [1.54, 1.807) is 0 Å². The lowest BCUT2D eigenvalue weighted by molar-refractivity contribution is -0.384. The van der Waals surface area contributed by atoms with Gasteiger partial charge in [-0.3, -0.25) is 10.1 Å². The molecular formula is C14H11F3N2O2. The molecule has 7 heteroatoms. The SMILES string of the molecule is NCc1cc([N+](=O)[O-])ccc1-c1cccc(C(F)(F)F)c1. The maximum Gasteiger partial charge on any atom is 0.416 e. The van der Waals surface area contributed by atoms with Crippen molar-refractivity contribution in [3.63, 3.8) is 0 Å². The van der Waals surface area contributed by atoms with Gasteiger partial charge in [-0.1, -0.05) is 12.1 Å². The number of nitrogens with two attached hydrogens (primary N) is 1. The van der Waals surface area contributed by atoms with E-state index in [2.05, 4.69) is 0 Å². The molecule has 0 aliphatic heterocycles. The highest BCUT2D eigenvalue weighted by Crippen LogP contribution is 2.33. The Morgan fingerprint density at radius 1 is 1.14 bits per heavy atom. The summed E-state index contributed by atoms with van der Waals surface area (Å²) in [6.07, 6.45) is -4.44. The van der Waals surface area contributed by atoms with Crippen LogP contribution in [0.5, 0.6) is 0 Å². The molecule has 0 saturated carbocycles. The number of benzene rings is 2. The molecule has 0 aromatic heterocycles. The molecule has 2 N–H and O–H groups in total. The lowest BCUT2D eigenvalue weighted by atomic mass is 9.97. The summed E-state index contributed by atoms with van der Waals surface area (Å²) in [7, 11) is 0. The lowest BCUT2D eigenvalue weighted by Gasteiger charge is -2.11. The first kappa shape index (κ1) is 15.0. The van der Waals surface area contributed by atoms with Crippen molar-refractivity contribution < 1.29 is 18.1 Å². The van der Waals surface area contributed by atoms with Gasteiger partial charge in [0.25, 0.3) is 5.69 Å². The third-order valence-corrected chi connectivity index (χ3v) is 3.02. The van der Waals surface area contributed by atoms with Crippen LogP contribution >= 0.6 is 0 Å². The minimum atomic E-state index is -4.44. The van der Waals surface area contributed by atoms with E-state index in [1.165, 1.54) is 30.3 Å². The molecule has 0 saturated heterocycles. The summed E-state index contributed by atoms with van der Waals surface area (Å²) in [4.78, 5) is 10.1. The van der Waals surface area contributed by atoms with Crippen molar-refractivity contribution >= 4 is 5.69 Å². The quantitative estimate of drug-likeness (QED) is 0.693. The molecular weight excluding hydrogens is 285 g/mol. The topological polar surface area (TPSA) is 69.2 Å². The Labute approximate surface area is 118 Å². The van der Waals surface area contributed by atoms with Gasteiger partial charge in [0.2, 0.25) is 0 Å². The number of nitro benzene ring substituents is 1. The molecule has 0 aliphatic carbocycles. The third kappa shape index (κ3) is 3.19. The maximum absolute atomic E-state index is 12.7. The van der Waals surface area contributed by atoms with E-state index in [-0.39, 0.29) is 12.2 Å². The minimum absolute atomic E-state index is 0.00669. The van der Waals surface area contributed by atoms with Crippen LogP contribution in [0.15, 0.2) is 42.5 Å². The lowest BCUT2D eigenvalue weighted by Crippen LogP contribution is -2.05. The predicted molar refractivity (Wildman–Crippen MR) is 71.4 cm³/mol. The fourth-order valence-electron chi connectivity index (χ4n) is 2.01. The van der Waals surface area contributed by atoms with Crippen LogP contribution in [0.2, 0.25) is 0 Å². The first-order chi connectivity index (χ1) is 9.82. The average Bonchev–Trinajstić information content (AvgIpc) is 2.45. The summed E-state index contributed by atoms with van der Waals surface area (Å²) in [6.45, 7) is -0.00669. The van der Waals surface area contributed by atoms with Crippen molar-refractivity contribution in [2.45, 2.75) is 12.7 Å². The molecule has 0 amide bonds. The Kier molecular flexibility index (Phi) is 3.95. The normalized spacial score (nSPS) is 11.4. The van der Waals surface area contributed by atoms with Crippen LogP contribution in [0.3, 0.4) is 0 Å².